The Balaban J connectivity index is 2.62. The van der Waals surface area contributed by atoms with Crippen molar-refractivity contribution < 1.29 is 9.18 Å². The van der Waals surface area contributed by atoms with E-state index >= 15 is 0 Å². The first-order chi connectivity index (χ1) is 8.20. The smallest absolute Gasteiger partial charge is 0.239 e. The predicted octanol–water partition coefficient (Wildman–Crippen LogP) is 2.37. The summed E-state index contributed by atoms with van der Waals surface area (Å²) in [5.41, 5.74) is 5.75. The minimum absolute atomic E-state index is 0.0577. The molecule has 0 fully saturated rings. The zero-order chi connectivity index (χ0) is 13.9. The van der Waals surface area contributed by atoms with Crippen LogP contribution in [0, 0.1) is 5.82 Å². The summed E-state index contributed by atoms with van der Waals surface area (Å²) in [6.45, 7) is 5.20. The molecule has 0 radical (unpaired) electrons. The van der Waals surface area contributed by atoms with Gasteiger partial charge in [-0.3, -0.25) is 4.79 Å². The second-order valence-electron chi connectivity index (χ2n) is 5.05. The number of hydrogen-bond donors (Lipinski definition) is 2. The van der Waals surface area contributed by atoms with Gasteiger partial charge in [0.05, 0.1) is 10.0 Å². The average molecular weight is 317 g/mol. The lowest BCUT2D eigenvalue weighted by molar-refractivity contribution is -0.125. The van der Waals surface area contributed by atoms with Crippen LogP contribution in [0.5, 0.6) is 0 Å². The number of nitrogens with one attached hydrogen (secondary N) is 1. The zero-order valence-corrected chi connectivity index (χ0v) is 12.3. The third-order valence-electron chi connectivity index (χ3n) is 2.49. The molecule has 0 aromatic heterocycles. The van der Waals surface area contributed by atoms with Gasteiger partial charge in [0.1, 0.15) is 5.82 Å². The molecular formula is C13H18BrFN2O. The molecule has 3 N–H and O–H groups in total. The van der Waals surface area contributed by atoms with Crippen molar-refractivity contribution in [3.8, 4) is 0 Å². The molecule has 1 aromatic carbocycles. The van der Waals surface area contributed by atoms with Gasteiger partial charge in [0.25, 0.3) is 0 Å². The summed E-state index contributed by atoms with van der Waals surface area (Å²) in [4.78, 5) is 11.7. The van der Waals surface area contributed by atoms with E-state index in [0.29, 0.717) is 10.9 Å². The standard InChI is InChI=1S/C13H18BrFN2O/c1-8(17-12(18)13(2,3)16)6-9-4-5-11(15)10(14)7-9/h4-5,7-8H,6,16H2,1-3H3,(H,17,18). The van der Waals surface area contributed by atoms with Crippen molar-refractivity contribution in [3.05, 3.63) is 34.1 Å². The van der Waals surface area contributed by atoms with E-state index in [-0.39, 0.29) is 17.8 Å². The number of hydrogen-bond acceptors (Lipinski definition) is 2. The summed E-state index contributed by atoms with van der Waals surface area (Å²) in [7, 11) is 0. The van der Waals surface area contributed by atoms with Crippen LogP contribution in [0.25, 0.3) is 0 Å². The number of amides is 1. The fraction of sp³-hybridized carbons (Fsp3) is 0.462. The summed E-state index contributed by atoms with van der Waals surface area (Å²) in [5, 5.41) is 2.83. The lowest BCUT2D eigenvalue weighted by atomic mass is 10.0. The van der Waals surface area contributed by atoms with E-state index in [0.717, 1.165) is 5.56 Å². The topological polar surface area (TPSA) is 55.1 Å². The van der Waals surface area contributed by atoms with Crippen LogP contribution < -0.4 is 11.1 Å². The minimum Gasteiger partial charge on any atom is -0.352 e. The van der Waals surface area contributed by atoms with Crippen molar-refractivity contribution in [1.82, 2.24) is 5.32 Å². The van der Waals surface area contributed by atoms with Crippen molar-refractivity contribution in [2.45, 2.75) is 38.8 Å². The molecular weight excluding hydrogens is 299 g/mol. The number of halogens is 2. The molecule has 0 heterocycles. The Morgan fingerprint density at radius 2 is 2.17 bits per heavy atom. The van der Waals surface area contributed by atoms with Gasteiger partial charge < -0.3 is 11.1 Å². The monoisotopic (exact) mass is 316 g/mol. The van der Waals surface area contributed by atoms with Crippen LogP contribution in [-0.4, -0.2) is 17.5 Å². The molecule has 0 saturated carbocycles. The summed E-state index contributed by atoms with van der Waals surface area (Å²) in [6, 6.07) is 4.76. The molecule has 18 heavy (non-hydrogen) atoms. The molecule has 100 valence electrons. The first kappa shape index (κ1) is 15.1. The van der Waals surface area contributed by atoms with Gasteiger partial charge in [-0.15, -0.1) is 0 Å². The maximum absolute atomic E-state index is 13.1. The molecule has 1 atom stereocenters. The number of carbonyl (C=O) groups excluding carboxylic acids is 1. The molecule has 1 rings (SSSR count). The highest BCUT2D eigenvalue weighted by Crippen LogP contribution is 2.17. The maximum Gasteiger partial charge on any atom is 0.239 e. The van der Waals surface area contributed by atoms with Crippen molar-refractivity contribution in [3.63, 3.8) is 0 Å². The molecule has 0 aliphatic carbocycles. The molecule has 0 saturated heterocycles. The SMILES string of the molecule is CC(Cc1ccc(F)c(Br)c1)NC(=O)C(C)(C)N. The Labute approximate surface area is 115 Å². The molecule has 1 unspecified atom stereocenters. The highest BCUT2D eigenvalue weighted by molar-refractivity contribution is 9.10. The van der Waals surface area contributed by atoms with Crippen molar-refractivity contribution in [2.75, 3.05) is 0 Å². The van der Waals surface area contributed by atoms with Gasteiger partial charge in [0.2, 0.25) is 5.91 Å². The Kier molecular flexibility index (Phi) is 4.87. The Hall–Kier alpha value is -0.940. The summed E-state index contributed by atoms with van der Waals surface area (Å²) < 4.78 is 13.5. The van der Waals surface area contributed by atoms with Crippen LogP contribution in [0.4, 0.5) is 4.39 Å². The van der Waals surface area contributed by atoms with Gasteiger partial charge in [-0.05, 0) is 60.8 Å². The van der Waals surface area contributed by atoms with E-state index < -0.39 is 5.54 Å². The molecule has 0 aliphatic rings. The van der Waals surface area contributed by atoms with E-state index in [2.05, 4.69) is 21.2 Å². The summed E-state index contributed by atoms with van der Waals surface area (Å²) >= 11 is 3.14. The summed E-state index contributed by atoms with van der Waals surface area (Å²) in [5.74, 6) is -0.491. The van der Waals surface area contributed by atoms with Crippen LogP contribution in [0.2, 0.25) is 0 Å². The van der Waals surface area contributed by atoms with Crippen molar-refractivity contribution in [1.29, 1.82) is 0 Å². The van der Waals surface area contributed by atoms with Gasteiger partial charge in [0.15, 0.2) is 0 Å². The number of carbonyl (C=O) groups is 1. The fourth-order valence-corrected chi connectivity index (χ4v) is 1.91. The molecule has 0 spiro atoms. The average Bonchev–Trinajstić information content (AvgIpc) is 2.22. The van der Waals surface area contributed by atoms with Crippen LogP contribution in [-0.2, 0) is 11.2 Å². The normalized spacial score (nSPS) is 13.2. The Morgan fingerprint density at radius 3 is 2.67 bits per heavy atom. The molecule has 1 aromatic rings. The van der Waals surface area contributed by atoms with E-state index in [4.69, 9.17) is 5.73 Å². The van der Waals surface area contributed by atoms with Gasteiger partial charge in [-0.25, -0.2) is 4.39 Å². The maximum atomic E-state index is 13.1. The molecule has 1 amide bonds. The summed E-state index contributed by atoms with van der Waals surface area (Å²) in [6.07, 6.45) is 0.626. The number of nitrogens with two attached hydrogens (primary N) is 1. The number of rotatable bonds is 4. The number of benzene rings is 1. The molecule has 3 nitrogen and oxygen atoms in total. The second-order valence-corrected chi connectivity index (χ2v) is 5.90. The molecule has 0 aliphatic heterocycles. The lowest BCUT2D eigenvalue weighted by Gasteiger charge is -2.22. The second kappa shape index (κ2) is 5.80. The molecule has 5 heteroatoms. The van der Waals surface area contributed by atoms with Gasteiger partial charge >= 0.3 is 0 Å². The fourth-order valence-electron chi connectivity index (χ4n) is 1.48. The largest absolute Gasteiger partial charge is 0.352 e. The van der Waals surface area contributed by atoms with E-state index in [1.54, 1.807) is 26.0 Å². The Bertz CT molecular complexity index is 443. The highest BCUT2D eigenvalue weighted by atomic mass is 79.9. The van der Waals surface area contributed by atoms with Crippen LogP contribution in [0.1, 0.15) is 26.3 Å². The first-order valence-corrected chi connectivity index (χ1v) is 6.53. The quantitative estimate of drug-likeness (QED) is 0.896. The zero-order valence-electron chi connectivity index (χ0n) is 10.8. The van der Waals surface area contributed by atoms with Crippen LogP contribution in [0.3, 0.4) is 0 Å². The molecule has 0 bridgehead atoms. The van der Waals surface area contributed by atoms with Crippen molar-refractivity contribution >= 4 is 21.8 Å². The Morgan fingerprint density at radius 1 is 1.56 bits per heavy atom. The van der Waals surface area contributed by atoms with Crippen molar-refractivity contribution in [2.24, 2.45) is 5.73 Å². The van der Waals surface area contributed by atoms with E-state index in [1.165, 1.54) is 6.07 Å². The van der Waals surface area contributed by atoms with Gasteiger partial charge in [-0.1, -0.05) is 6.07 Å². The van der Waals surface area contributed by atoms with Gasteiger partial charge in [0, 0.05) is 6.04 Å². The highest BCUT2D eigenvalue weighted by Gasteiger charge is 2.23. The lowest BCUT2D eigenvalue weighted by Crippen LogP contribution is -2.51. The van der Waals surface area contributed by atoms with Crippen LogP contribution in [0.15, 0.2) is 22.7 Å². The third kappa shape index (κ3) is 4.38. The minimum atomic E-state index is -0.891. The predicted molar refractivity (Wildman–Crippen MR) is 73.7 cm³/mol. The third-order valence-corrected chi connectivity index (χ3v) is 3.10. The first-order valence-electron chi connectivity index (χ1n) is 5.74. The van der Waals surface area contributed by atoms with Crippen LogP contribution >= 0.6 is 15.9 Å². The van der Waals surface area contributed by atoms with E-state index in [1.807, 2.05) is 6.92 Å². The van der Waals surface area contributed by atoms with Gasteiger partial charge in [-0.2, -0.15) is 0 Å². The van der Waals surface area contributed by atoms with E-state index in [9.17, 15) is 9.18 Å².